The number of hydrogen-bond donors (Lipinski definition) is 2. The lowest BCUT2D eigenvalue weighted by Gasteiger charge is -2.29. The summed E-state index contributed by atoms with van der Waals surface area (Å²) in [7, 11) is 0. The van der Waals surface area contributed by atoms with Gasteiger partial charge in [-0.3, -0.25) is 14.2 Å². The zero-order valence-electron chi connectivity index (χ0n) is 19.4. The highest BCUT2D eigenvalue weighted by atomic mass is 16.2. The number of amides is 1. The van der Waals surface area contributed by atoms with Crippen LogP contribution in [-0.4, -0.2) is 32.4 Å². The summed E-state index contributed by atoms with van der Waals surface area (Å²) in [6, 6.07) is 14.2. The van der Waals surface area contributed by atoms with Gasteiger partial charge in [0.2, 0.25) is 0 Å². The first-order chi connectivity index (χ1) is 16.5. The SMILES string of the molecule is C=Cc1ccc(-c2ncccc2-c2ccc3ncc(C(=O)NC4CCCC[C@H]4N)n3c2)cc1C. The van der Waals surface area contributed by atoms with Crippen LogP contribution in [0.4, 0.5) is 0 Å². The molecule has 3 heterocycles. The Morgan fingerprint density at radius 1 is 1.15 bits per heavy atom. The number of carbonyl (C=O) groups is 1. The Morgan fingerprint density at radius 2 is 1.97 bits per heavy atom. The highest BCUT2D eigenvalue weighted by molar-refractivity contribution is 5.94. The zero-order chi connectivity index (χ0) is 23.7. The molecule has 4 aromatic rings. The largest absolute Gasteiger partial charge is 0.346 e. The first-order valence-corrected chi connectivity index (χ1v) is 11.8. The lowest BCUT2D eigenvalue weighted by atomic mass is 9.91. The number of fused-ring (bicyclic) bond motifs is 1. The molecule has 0 spiro atoms. The van der Waals surface area contributed by atoms with Gasteiger partial charge in [-0.2, -0.15) is 0 Å². The van der Waals surface area contributed by atoms with Crippen LogP contribution < -0.4 is 11.1 Å². The van der Waals surface area contributed by atoms with Gasteiger partial charge < -0.3 is 11.1 Å². The number of rotatable bonds is 5. The van der Waals surface area contributed by atoms with E-state index in [0.717, 1.165) is 64.8 Å². The summed E-state index contributed by atoms with van der Waals surface area (Å²) >= 11 is 0. The molecule has 0 saturated heterocycles. The van der Waals surface area contributed by atoms with Crippen molar-refractivity contribution in [1.82, 2.24) is 19.7 Å². The number of benzene rings is 1. The smallest absolute Gasteiger partial charge is 0.270 e. The van der Waals surface area contributed by atoms with Crippen molar-refractivity contribution in [2.45, 2.75) is 44.7 Å². The maximum Gasteiger partial charge on any atom is 0.270 e. The Labute approximate surface area is 199 Å². The fraction of sp³-hybridized carbons (Fsp3) is 0.250. The van der Waals surface area contributed by atoms with E-state index in [4.69, 9.17) is 5.73 Å². The number of carbonyl (C=O) groups excluding carboxylic acids is 1. The molecule has 1 unspecified atom stereocenters. The summed E-state index contributed by atoms with van der Waals surface area (Å²) in [5.74, 6) is -0.144. The topological polar surface area (TPSA) is 85.3 Å². The molecule has 6 heteroatoms. The third kappa shape index (κ3) is 4.13. The van der Waals surface area contributed by atoms with Crippen LogP contribution in [0.3, 0.4) is 0 Å². The summed E-state index contributed by atoms with van der Waals surface area (Å²) in [5, 5.41) is 3.13. The molecule has 1 fully saturated rings. The third-order valence-corrected chi connectivity index (χ3v) is 6.76. The van der Waals surface area contributed by atoms with Crippen molar-refractivity contribution in [3.63, 3.8) is 0 Å². The lowest BCUT2D eigenvalue weighted by Crippen LogP contribution is -2.49. The number of hydrogen-bond acceptors (Lipinski definition) is 4. The van der Waals surface area contributed by atoms with Gasteiger partial charge in [0.1, 0.15) is 11.3 Å². The van der Waals surface area contributed by atoms with Crippen LogP contribution in [0, 0.1) is 6.92 Å². The van der Waals surface area contributed by atoms with Gasteiger partial charge >= 0.3 is 0 Å². The highest BCUT2D eigenvalue weighted by Crippen LogP contribution is 2.32. The van der Waals surface area contributed by atoms with E-state index in [-0.39, 0.29) is 18.0 Å². The van der Waals surface area contributed by atoms with E-state index < -0.39 is 0 Å². The zero-order valence-corrected chi connectivity index (χ0v) is 19.4. The Balaban J connectivity index is 1.52. The molecule has 172 valence electrons. The number of pyridine rings is 2. The molecule has 1 saturated carbocycles. The van der Waals surface area contributed by atoms with Gasteiger partial charge in [0, 0.05) is 41.2 Å². The van der Waals surface area contributed by atoms with Crippen molar-refractivity contribution < 1.29 is 4.79 Å². The summed E-state index contributed by atoms with van der Waals surface area (Å²) in [6.07, 6.45) is 11.3. The molecule has 1 aromatic carbocycles. The van der Waals surface area contributed by atoms with Crippen LogP contribution in [0.5, 0.6) is 0 Å². The molecule has 5 rings (SSSR count). The highest BCUT2D eigenvalue weighted by Gasteiger charge is 2.25. The van der Waals surface area contributed by atoms with Gasteiger partial charge in [-0.25, -0.2) is 4.98 Å². The van der Waals surface area contributed by atoms with E-state index >= 15 is 0 Å². The Morgan fingerprint density at radius 3 is 2.76 bits per heavy atom. The quantitative estimate of drug-likeness (QED) is 0.446. The van der Waals surface area contributed by atoms with Crippen LogP contribution >= 0.6 is 0 Å². The molecule has 0 bridgehead atoms. The van der Waals surface area contributed by atoms with Gasteiger partial charge in [0.15, 0.2) is 0 Å². The van der Waals surface area contributed by atoms with E-state index in [1.807, 2.05) is 34.9 Å². The number of aromatic nitrogens is 3. The fourth-order valence-electron chi connectivity index (χ4n) is 4.81. The molecule has 34 heavy (non-hydrogen) atoms. The number of aryl methyl sites for hydroxylation is 1. The van der Waals surface area contributed by atoms with Crippen molar-refractivity contribution in [3.05, 3.63) is 84.5 Å². The fourth-order valence-corrected chi connectivity index (χ4v) is 4.81. The average molecular weight is 452 g/mol. The number of imidazole rings is 1. The second-order valence-electron chi connectivity index (χ2n) is 8.99. The van der Waals surface area contributed by atoms with Gasteiger partial charge in [-0.15, -0.1) is 0 Å². The normalized spacial score (nSPS) is 18.1. The van der Waals surface area contributed by atoms with E-state index in [2.05, 4.69) is 53.1 Å². The molecule has 2 atom stereocenters. The average Bonchev–Trinajstić information content (AvgIpc) is 3.29. The summed E-state index contributed by atoms with van der Waals surface area (Å²) in [4.78, 5) is 22.3. The van der Waals surface area contributed by atoms with Crippen LogP contribution in [-0.2, 0) is 0 Å². The molecule has 6 nitrogen and oxygen atoms in total. The van der Waals surface area contributed by atoms with E-state index in [9.17, 15) is 4.79 Å². The first-order valence-electron chi connectivity index (χ1n) is 11.8. The van der Waals surface area contributed by atoms with Crippen LogP contribution in [0.15, 0.2) is 67.6 Å². The summed E-state index contributed by atoms with van der Waals surface area (Å²) in [5.41, 5.74) is 13.6. The van der Waals surface area contributed by atoms with Crippen molar-refractivity contribution in [2.75, 3.05) is 0 Å². The van der Waals surface area contributed by atoms with Gasteiger partial charge in [-0.05, 0) is 55.2 Å². The van der Waals surface area contributed by atoms with E-state index in [0.29, 0.717) is 5.69 Å². The maximum atomic E-state index is 13.1. The van der Waals surface area contributed by atoms with Crippen molar-refractivity contribution >= 4 is 17.6 Å². The summed E-state index contributed by atoms with van der Waals surface area (Å²) < 4.78 is 1.85. The molecular weight excluding hydrogens is 422 g/mol. The molecule has 1 amide bonds. The number of nitrogens with one attached hydrogen (secondary N) is 1. The minimum atomic E-state index is -0.144. The Bertz CT molecular complexity index is 1370. The second kappa shape index (κ2) is 9.23. The van der Waals surface area contributed by atoms with Gasteiger partial charge in [-0.1, -0.05) is 43.7 Å². The molecule has 1 aliphatic rings. The van der Waals surface area contributed by atoms with Gasteiger partial charge in [0.25, 0.3) is 5.91 Å². The number of nitrogens with two attached hydrogens (primary N) is 1. The summed E-state index contributed by atoms with van der Waals surface area (Å²) in [6.45, 7) is 5.96. The van der Waals surface area contributed by atoms with Gasteiger partial charge in [0.05, 0.1) is 11.9 Å². The van der Waals surface area contributed by atoms with Crippen LogP contribution in [0.1, 0.15) is 47.3 Å². The minimum Gasteiger partial charge on any atom is -0.346 e. The van der Waals surface area contributed by atoms with E-state index in [1.165, 1.54) is 0 Å². The molecule has 0 aliphatic heterocycles. The van der Waals surface area contributed by atoms with Crippen LogP contribution in [0.25, 0.3) is 34.1 Å². The first kappa shape index (κ1) is 22.0. The van der Waals surface area contributed by atoms with E-state index in [1.54, 1.807) is 12.4 Å². The molecular formula is C28H29N5O. The predicted octanol–water partition coefficient (Wildman–Crippen LogP) is 5.01. The minimum absolute atomic E-state index is 0.00123. The van der Waals surface area contributed by atoms with Crippen LogP contribution in [0.2, 0.25) is 0 Å². The molecule has 0 radical (unpaired) electrons. The van der Waals surface area contributed by atoms with Crippen molar-refractivity contribution in [3.8, 4) is 22.4 Å². The van der Waals surface area contributed by atoms with Crippen molar-refractivity contribution in [2.24, 2.45) is 5.73 Å². The lowest BCUT2D eigenvalue weighted by molar-refractivity contribution is 0.0915. The molecule has 1 aliphatic carbocycles. The standard InChI is InChI=1S/C28H29N5O/c1-3-19-10-11-20(15-18(19)2)27-22(7-6-14-30-27)21-12-13-26-31-16-25(33(26)17-21)28(34)32-24-9-5-4-8-23(24)29/h3,6-7,10-17,23-24H,1,4-5,8-9,29H2,2H3,(H,32,34)/t23-,24?/m1/s1. The Kier molecular flexibility index (Phi) is 5.99. The Hall–Kier alpha value is -3.77. The maximum absolute atomic E-state index is 13.1. The number of nitrogens with zero attached hydrogens (tertiary/aromatic N) is 3. The predicted molar refractivity (Wildman–Crippen MR) is 136 cm³/mol. The van der Waals surface area contributed by atoms with Crippen molar-refractivity contribution in [1.29, 1.82) is 0 Å². The second-order valence-corrected chi connectivity index (χ2v) is 8.99. The molecule has 3 aromatic heterocycles. The monoisotopic (exact) mass is 451 g/mol. The third-order valence-electron chi connectivity index (χ3n) is 6.76. The molecule has 3 N–H and O–H groups in total.